The Morgan fingerprint density at radius 1 is 0.643 bits per heavy atom. The molecule has 0 aliphatic rings. The molecule has 86 valence electrons. The lowest BCUT2D eigenvalue weighted by molar-refractivity contribution is -0.114. The van der Waals surface area contributed by atoms with Gasteiger partial charge in [-0.15, -0.1) is 0 Å². The first-order valence-corrected chi connectivity index (χ1v) is 3.88. The fourth-order valence-electron chi connectivity index (χ4n) is 0.425. The minimum atomic E-state index is -4.90. The van der Waals surface area contributed by atoms with Gasteiger partial charge >= 0.3 is 12.4 Å². The quantitative estimate of drug-likeness (QED) is 0.419. The number of hydrogen-bond donors (Lipinski definition) is 0. The predicted molar refractivity (Wildman–Crippen MR) is 41.8 cm³/mol. The van der Waals surface area contributed by atoms with Crippen molar-refractivity contribution in [2.45, 2.75) is 40.0 Å². The molecule has 0 fully saturated rings. The van der Waals surface area contributed by atoms with Crippen molar-refractivity contribution in [2.24, 2.45) is 0 Å². The zero-order valence-corrected chi connectivity index (χ0v) is 8.27. The largest absolute Gasteiger partial charge is 0.412 e. The summed E-state index contributed by atoms with van der Waals surface area (Å²) in [5.74, 6) is 0. The van der Waals surface area contributed by atoms with Crippen LogP contribution in [0, 0.1) is 0 Å². The molecule has 0 radical (unpaired) electrons. The van der Waals surface area contributed by atoms with Crippen molar-refractivity contribution in [2.75, 3.05) is 0 Å². The van der Waals surface area contributed by atoms with E-state index in [9.17, 15) is 26.3 Å². The Hall–Kier alpha value is -0.680. The Labute approximate surface area is 78.6 Å². The van der Waals surface area contributed by atoms with Gasteiger partial charge in [0.25, 0.3) is 0 Å². The van der Waals surface area contributed by atoms with Gasteiger partial charge in [0.2, 0.25) is 0 Å². The average Bonchev–Trinajstić information content (AvgIpc) is 2.02. The zero-order chi connectivity index (χ0) is 12.2. The smallest absolute Gasteiger partial charge is 0.166 e. The summed E-state index contributed by atoms with van der Waals surface area (Å²) in [6, 6.07) is 0. The van der Waals surface area contributed by atoms with Crippen LogP contribution < -0.4 is 0 Å². The first kappa shape index (κ1) is 15.8. The van der Waals surface area contributed by atoms with E-state index < -0.39 is 23.5 Å². The van der Waals surface area contributed by atoms with Crippen LogP contribution in [0.2, 0.25) is 0 Å². The maximum atomic E-state index is 11.7. The molecule has 0 N–H and O–H groups in total. The molecule has 0 bridgehead atoms. The fraction of sp³-hybridized carbons (Fsp3) is 0.750. The van der Waals surface area contributed by atoms with Crippen molar-refractivity contribution in [3.8, 4) is 0 Å². The number of alkyl halides is 6. The summed E-state index contributed by atoms with van der Waals surface area (Å²) in [5, 5.41) is 0. The molecular weight excluding hydrogens is 210 g/mol. The van der Waals surface area contributed by atoms with E-state index in [0.717, 1.165) is 0 Å². The van der Waals surface area contributed by atoms with Crippen LogP contribution in [0.4, 0.5) is 26.3 Å². The maximum Gasteiger partial charge on any atom is 0.412 e. The monoisotopic (exact) mass is 222 g/mol. The van der Waals surface area contributed by atoms with Gasteiger partial charge in [-0.1, -0.05) is 13.8 Å². The summed E-state index contributed by atoms with van der Waals surface area (Å²) in [7, 11) is 0. The molecule has 6 heteroatoms. The Balaban J connectivity index is 0. The summed E-state index contributed by atoms with van der Waals surface area (Å²) in [5.41, 5.74) is -3.20. The highest BCUT2D eigenvalue weighted by Gasteiger charge is 2.40. The molecule has 0 atom stereocenters. The van der Waals surface area contributed by atoms with E-state index in [2.05, 4.69) is 0 Å². The van der Waals surface area contributed by atoms with Crippen LogP contribution in [0.15, 0.2) is 11.1 Å². The summed E-state index contributed by atoms with van der Waals surface area (Å²) in [6.45, 7) is 4.81. The van der Waals surface area contributed by atoms with E-state index in [-0.39, 0.29) is 0 Å². The van der Waals surface area contributed by atoms with Crippen LogP contribution in [0.1, 0.15) is 27.7 Å². The van der Waals surface area contributed by atoms with E-state index in [1.54, 1.807) is 0 Å². The standard InChI is InChI=1S/C6H6F6.C2H6/c1-3(5(7,8)9)4(2)6(10,11)12;1-2/h1-2H3;1-2H3/b4-3-;. The van der Waals surface area contributed by atoms with Gasteiger partial charge in [0.1, 0.15) is 0 Å². The lowest BCUT2D eigenvalue weighted by atomic mass is 10.1. The Bertz CT molecular complexity index is 173. The van der Waals surface area contributed by atoms with Crippen LogP contribution in [0.3, 0.4) is 0 Å². The third-order valence-electron chi connectivity index (χ3n) is 1.41. The minimum absolute atomic E-state index is 0.406. The molecule has 0 amide bonds. The molecule has 0 rings (SSSR count). The first-order valence-electron chi connectivity index (χ1n) is 3.88. The van der Waals surface area contributed by atoms with Crippen molar-refractivity contribution in [1.82, 2.24) is 0 Å². The molecule has 0 aliphatic carbocycles. The Kier molecular flexibility index (Phi) is 5.93. The second kappa shape index (κ2) is 5.26. The second-order valence-electron chi connectivity index (χ2n) is 2.25. The molecule has 0 aromatic rings. The predicted octanol–water partition coefficient (Wildman–Crippen LogP) is 4.47. The molecule has 0 saturated carbocycles. The normalized spacial score (nSPS) is 14.1. The number of rotatable bonds is 0. The Morgan fingerprint density at radius 2 is 0.786 bits per heavy atom. The van der Waals surface area contributed by atoms with E-state index in [1.165, 1.54) is 0 Å². The van der Waals surface area contributed by atoms with Crippen molar-refractivity contribution >= 4 is 0 Å². The van der Waals surface area contributed by atoms with Gasteiger partial charge in [0.05, 0.1) is 0 Å². The van der Waals surface area contributed by atoms with Gasteiger partial charge in [0, 0.05) is 11.1 Å². The van der Waals surface area contributed by atoms with Crippen molar-refractivity contribution < 1.29 is 26.3 Å². The van der Waals surface area contributed by atoms with E-state index >= 15 is 0 Å². The van der Waals surface area contributed by atoms with Crippen LogP contribution in [-0.2, 0) is 0 Å². The molecule has 0 nitrogen and oxygen atoms in total. The highest BCUT2D eigenvalue weighted by molar-refractivity contribution is 5.18. The third-order valence-corrected chi connectivity index (χ3v) is 1.41. The molecule has 0 saturated heterocycles. The van der Waals surface area contributed by atoms with Gasteiger partial charge < -0.3 is 0 Å². The highest BCUT2D eigenvalue weighted by atomic mass is 19.4. The van der Waals surface area contributed by atoms with Crippen LogP contribution in [-0.4, -0.2) is 12.4 Å². The van der Waals surface area contributed by atoms with Gasteiger partial charge in [-0.05, 0) is 13.8 Å². The van der Waals surface area contributed by atoms with Crippen LogP contribution in [0.5, 0.6) is 0 Å². The van der Waals surface area contributed by atoms with Gasteiger partial charge in [-0.25, -0.2) is 0 Å². The molecule has 0 spiro atoms. The molecule has 0 aromatic heterocycles. The number of halogens is 6. The summed E-state index contributed by atoms with van der Waals surface area (Å²) >= 11 is 0. The fourth-order valence-corrected chi connectivity index (χ4v) is 0.425. The highest BCUT2D eigenvalue weighted by Crippen LogP contribution is 2.35. The minimum Gasteiger partial charge on any atom is -0.166 e. The van der Waals surface area contributed by atoms with Gasteiger partial charge in [0.15, 0.2) is 0 Å². The lowest BCUT2D eigenvalue weighted by Gasteiger charge is -2.13. The average molecular weight is 222 g/mol. The first-order chi connectivity index (χ1) is 6.07. The molecular formula is C8H12F6. The SMILES string of the molecule is C/C(=C(\C)C(F)(F)F)C(F)(F)F.CC. The van der Waals surface area contributed by atoms with Crippen molar-refractivity contribution in [3.63, 3.8) is 0 Å². The van der Waals surface area contributed by atoms with Gasteiger partial charge in [-0.2, -0.15) is 26.3 Å². The number of hydrogen-bond acceptors (Lipinski definition) is 0. The molecule has 0 aromatic carbocycles. The number of allylic oxidation sites excluding steroid dienone is 2. The second-order valence-corrected chi connectivity index (χ2v) is 2.25. The molecule has 0 unspecified atom stereocenters. The third kappa shape index (κ3) is 5.14. The summed E-state index contributed by atoms with van der Waals surface area (Å²) in [6.07, 6.45) is -9.81. The molecule has 0 heterocycles. The lowest BCUT2D eigenvalue weighted by Crippen LogP contribution is -2.18. The van der Waals surface area contributed by atoms with Gasteiger partial charge in [-0.3, -0.25) is 0 Å². The van der Waals surface area contributed by atoms with E-state index in [4.69, 9.17) is 0 Å². The van der Waals surface area contributed by atoms with Crippen LogP contribution >= 0.6 is 0 Å². The molecule has 0 aliphatic heterocycles. The Morgan fingerprint density at radius 3 is 0.857 bits per heavy atom. The van der Waals surface area contributed by atoms with E-state index in [1.807, 2.05) is 13.8 Å². The van der Waals surface area contributed by atoms with Crippen molar-refractivity contribution in [1.29, 1.82) is 0 Å². The maximum absolute atomic E-state index is 11.7. The summed E-state index contributed by atoms with van der Waals surface area (Å²) < 4.78 is 70.0. The molecule has 14 heavy (non-hydrogen) atoms. The van der Waals surface area contributed by atoms with E-state index in [0.29, 0.717) is 13.8 Å². The van der Waals surface area contributed by atoms with Crippen LogP contribution in [0.25, 0.3) is 0 Å². The summed E-state index contributed by atoms with van der Waals surface area (Å²) in [4.78, 5) is 0. The topological polar surface area (TPSA) is 0 Å². The van der Waals surface area contributed by atoms with Crippen molar-refractivity contribution in [3.05, 3.63) is 11.1 Å². The zero-order valence-electron chi connectivity index (χ0n) is 8.27.